The van der Waals surface area contributed by atoms with Crippen LogP contribution in [0.4, 0.5) is 5.69 Å². The molecule has 0 radical (unpaired) electrons. The second-order valence-electron chi connectivity index (χ2n) is 8.24. The number of hydrogen-bond donors (Lipinski definition) is 2. The summed E-state index contributed by atoms with van der Waals surface area (Å²) in [6, 6.07) is 9.16. The highest BCUT2D eigenvalue weighted by Gasteiger charge is 2.33. The molecule has 1 aromatic carbocycles. The van der Waals surface area contributed by atoms with E-state index in [1.54, 1.807) is 11.8 Å². The van der Waals surface area contributed by atoms with E-state index >= 15 is 0 Å². The summed E-state index contributed by atoms with van der Waals surface area (Å²) in [5.41, 5.74) is 1.90. The Morgan fingerprint density at radius 2 is 1.93 bits per heavy atom. The molecule has 2 amide bonds. The van der Waals surface area contributed by atoms with Crippen molar-refractivity contribution in [2.45, 2.75) is 45.1 Å². The average Bonchev–Trinajstić information content (AvgIpc) is 3.08. The molecule has 2 aliphatic heterocycles. The molecule has 7 heteroatoms. The van der Waals surface area contributed by atoms with Crippen molar-refractivity contribution in [2.24, 2.45) is 0 Å². The van der Waals surface area contributed by atoms with Gasteiger partial charge in [-0.25, -0.2) is 4.79 Å². The van der Waals surface area contributed by atoms with Crippen LogP contribution in [0.5, 0.6) is 0 Å². The van der Waals surface area contributed by atoms with E-state index in [1.807, 2.05) is 37.3 Å². The maximum absolute atomic E-state index is 12.8. The van der Waals surface area contributed by atoms with Crippen LogP contribution < -0.4 is 21.2 Å². The third kappa shape index (κ3) is 4.16. The van der Waals surface area contributed by atoms with E-state index in [-0.39, 0.29) is 29.9 Å². The van der Waals surface area contributed by atoms with Gasteiger partial charge in [-0.05, 0) is 69.1 Å². The van der Waals surface area contributed by atoms with Gasteiger partial charge in [-0.15, -0.1) is 0 Å². The molecule has 7 nitrogen and oxygen atoms in total. The molecule has 2 fully saturated rings. The van der Waals surface area contributed by atoms with Gasteiger partial charge in [-0.1, -0.05) is 12.1 Å². The maximum Gasteiger partial charge on any atom is 0.349 e. The molecule has 2 saturated heterocycles. The lowest BCUT2D eigenvalue weighted by atomic mass is 9.94. The summed E-state index contributed by atoms with van der Waals surface area (Å²) in [4.78, 5) is 39.5. The van der Waals surface area contributed by atoms with Crippen molar-refractivity contribution in [1.82, 2.24) is 10.6 Å². The number of nitrogens with zero attached hydrogens (tertiary/aromatic N) is 1. The number of amides is 2. The molecule has 1 atom stereocenters. The lowest BCUT2D eigenvalue weighted by molar-refractivity contribution is -0.117. The van der Waals surface area contributed by atoms with Crippen LogP contribution in [-0.4, -0.2) is 37.5 Å². The van der Waals surface area contributed by atoms with E-state index in [9.17, 15) is 14.4 Å². The zero-order valence-electron chi connectivity index (χ0n) is 17.4. The fourth-order valence-corrected chi connectivity index (χ4v) is 4.32. The molecule has 4 rings (SSSR count). The van der Waals surface area contributed by atoms with E-state index in [0.29, 0.717) is 17.9 Å². The SMILES string of the molecule is Cc1cccc(N2CC(NC(=O)c3c(C)cc(C4CCNCC4)oc3=O)CC2=O)c1. The molecule has 0 spiro atoms. The number of rotatable bonds is 4. The summed E-state index contributed by atoms with van der Waals surface area (Å²) in [7, 11) is 0. The second-order valence-corrected chi connectivity index (χ2v) is 8.24. The summed E-state index contributed by atoms with van der Waals surface area (Å²) in [5, 5.41) is 6.14. The van der Waals surface area contributed by atoms with Crippen LogP contribution in [0.2, 0.25) is 0 Å². The van der Waals surface area contributed by atoms with Gasteiger partial charge in [0.2, 0.25) is 5.91 Å². The number of carbonyl (C=O) groups is 2. The maximum atomic E-state index is 12.8. The first-order valence-electron chi connectivity index (χ1n) is 10.5. The number of carbonyl (C=O) groups excluding carboxylic acids is 2. The fourth-order valence-electron chi connectivity index (χ4n) is 4.32. The largest absolute Gasteiger partial charge is 0.427 e. The van der Waals surface area contributed by atoms with Crippen molar-refractivity contribution in [3.63, 3.8) is 0 Å². The van der Waals surface area contributed by atoms with Crippen LogP contribution in [0.25, 0.3) is 0 Å². The minimum atomic E-state index is -0.610. The highest BCUT2D eigenvalue weighted by Crippen LogP contribution is 2.26. The lowest BCUT2D eigenvalue weighted by Crippen LogP contribution is -2.39. The summed E-state index contributed by atoms with van der Waals surface area (Å²) in [5.74, 6) is 0.320. The summed E-state index contributed by atoms with van der Waals surface area (Å²) in [6.45, 7) is 5.89. The molecular weight excluding hydrogens is 382 g/mol. The lowest BCUT2D eigenvalue weighted by Gasteiger charge is -2.22. The average molecular weight is 409 g/mol. The number of nitrogens with one attached hydrogen (secondary N) is 2. The Morgan fingerprint density at radius 1 is 1.17 bits per heavy atom. The number of anilines is 1. The topological polar surface area (TPSA) is 91.7 Å². The molecule has 1 unspecified atom stereocenters. The van der Waals surface area contributed by atoms with E-state index < -0.39 is 11.5 Å². The number of piperidine rings is 1. The van der Waals surface area contributed by atoms with E-state index in [2.05, 4.69) is 10.6 Å². The van der Waals surface area contributed by atoms with Crippen LogP contribution in [-0.2, 0) is 4.79 Å². The molecule has 30 heavy (non-hydrogen) atoms. The third-order valence-electron chi connectivity index (χ3n) is 5.91. The van der Waals surface area contributed by atoms with Gasteiger partial charge in [-0.3, -0.25) is 9.59 Å². The Morgan fingerprint density at radius 3 is 2.63 bits per heavy atom. The normalized spacial score (nSPS) is 19.9. The van der Waals surface area contributed by atoms with Crippen molar-refractivity contribution in [3.8, 4) is 0 Å². The van der Waals surface area contributed by atoms with Crippen LogP contribution in [0, 0.1) is 13.8 Å². The highest BCUT2D eigenvalue weighted by atomic mass is 16.4. The summed E-state index contributed by atoms with van der Waals surface area (Å²) >= 11 is 0. The molecule has 0 bridgehead atoms. The van der Waals surface area contributed by atoms with E-state index in [4.69, 9.17) is 4.42 Å². The van der Waals surface area contributed by atoms with Crippen molar-refractivity contribution in [3.05, 3.63) is 63.2 Å². The van der Waals surface area contributed by atoms with Crippen LogP contribution in [0.15, 0.2) is 39.5 Å². The zero-order valence-corrected chi connectivity index (χ0v) is 17.4. The molecule has 2 aromatic rings. The molecule has 158 valence electrons. The van der Waals surface area contributed by atoms with Gasteiger partial charge in [0.15, 0.2) is 0 Å². The Bertz CT molecular complexity index is 1020. The van der Waals surface area contributed by atoms with E-state index in [0.717, 1.165) is 37.2 Å². The molecular formula is C23H27N3O4. The minimum absolute atomic E-state index is 0.0224. The van der Waals surface area contributed by atoms with Crippen molar-refractivity contribution < 1.29 is 14.0 Å². The predicted molar refractivity (Wildman–Crippen MR) is 114 cm³/mol. The molecule has 0 aliphatic carbocycles. The smallest absolute Gasteiger partial charge is 0.349 e. The Labute approximate surface area is 175 Å². The zero-order chi connectivity index (χ0) is 21.3. The monoisotopic (exact) mass is 409 g/mol. The molecule has 0 saturated carbocycles. The summed E-state index contributed by atoms with van der Waals surface area (Å²) < 4.78 is 5.52. The van der Waals surface area contributed by atoms with Gasteiger partial charge < -0.3 is 20.0 Å². The number of aryl methyl sites for hydroxylation is 2. The first kappa shape index (κ1) is 20.3. The van der Waals surface area contributed by atoms with Gasteiger partial charge in [0.25, 0.3) is 5.91 Å². The number of benzene rings is 1. The predicted octanol–water partition coefficient (Wildman–Crippen LogP) is 2.26. The van der Waals surface area contributed by atoms with Crippen LogP contribution in [0.3, 0.4) is 0 Å². The quantitative estimate of drug-likeness (QED) is 0.808. The molecule has 2 aliphatic rings. The number of hydrogen-bond acceptors (Lipinski definition) is 5. The standard InChI is InChI=1S/C23H27N3O4/c1-14-4-3-5-18(10-14)26-13-17(12-20(26)27)25-22(28)21-15(2)11-19(30-23(21)29)16-6-8-24-9-7-16/h3-5,10-11,16-17,24H,6-9,12-13H2,1-2H3,(H,25,28). The molecule has 1 aromatic heterocycles. The van der Waals surface area contributed by atoms with Gasteiger partial charge >= 0.3 is 5.63 Å². The van der Waals surface area contributed by atoms with E-state index in [1.165, 1.54) is 0 Å². The van der Waals surface area contributed by atoms with Gasteiger partial charge in [-0.2, -0.15) is 0 Å². The first-order chi connectivity index (χ1) is 14.4. The van der Waals surface area contributed by atoms with Crippen molar-refractivity contribution in [2.75, 3.05) is 24.5 Å². The van der Waals surface area contributed by atoms with Crippen LogP contribution in [0.1, 0.15) is 52.4 Å². The molecule has 2 N–H and O–H groups in total. The summed E-state index contributed by atoms with van der Waals surface area (Å²) in [6.07, 6.45) is 2.02. The Hall–Kier alpha value is -2.93. The second kappa shape index (κ2) is 8.44. The Kier molecular flexibility index (Phi) is 5.72. The third-order valence-corrected chi connectivity index (χ3v) is 5.91. The minimum Gasteiger partial charge on any atom is -0.427 e. The fraction of sp³-hybridized carbons (Fsp3) is 0.435. The van der Waals surface area contributed by atoms with Crippen molar-refractivity contribution >= 4 is 17.5 Å². The Balaban J connectivity index is 1.47. The van der Waals surface area contributed by atoms with Gasteiger partial charge in [0.1, 0.15) is 11.3 Å². The van der Waals surface area contributed by atoms with Crippen molar-refractivity contribution in [1.29, 1.82) is 0 Å². The van der Waals surface area contributed by atoms with Crippen LogP contribution >= 0.6 is 0 Å². The highest BCUT2D eigenvalue weighted by molar-refractivity contribution is 5.99. The first-order valence-corrected chi connectivity index (χ1v) is 10.5. The molecule has 3 heterocycles. The van der Waals surface area contributed by atoms with Gasteiger partial charge in [0.05, 0.1) is 6.04 Å². The van der Waals surface area contributed by atoms with Gasteiger partial charge in [0, 0.05) is 24.6 Å².